The maximum Gasteiger partial charge on any atom is 0.0595 e. The highest BCUT2D eigenvalue weighted by Gasteiger charge is 2.30. The number of likely N-dealkylation sites (N-methyl/N-ethyl adjacent to an activating group) is 1. The second kappa shape index (κ2) is 6.72. The molecule has 0 spiro atoms. The van der Waals surface area contributed by atoms with Gasteiger partial charge in [-0.05, 0) is 32.7 Å². The lowest BCUT2D eigenvalue weighted by Gasteiger charge is -2.40. The molecule has 3 nitrogen and oxygen atoms in total. The maximum absolute atomic E-state index is 5.46. The minimum absolute atomic E-state index is 0.505. The highest BCUT2D eigenvalue weighted by molar-refractivity contribution is 4.88. The molecule has 0 bridgehead atoms. The summed E-state index contributed by atoms with van der Waals surface area (Å²) in [5.41, 5.74) is 0. The zero-order valence-electron chi connectivity index (χ0n) is 11.5. The quantitative estimate of drug-likeness (QED) is 0.764. The van der Waals surface area contributed by atoms with Crippen molar-refractivity contribution in [3.05, 3.63) is 0 Å². The van der Waals surface area contributed by atoms with Crippen LogP contribution in [0.3, 0.4) is 0 Å². The Labute approximate surface area is 106 Å². The molecule has 2 fully saturated rings. The van der Waals surface area contributed by atoms with Gasteiger partial charge in [-0.2, -0.15) is 0 Å². The van der Waals surface area contributed by atoms with Crippen molar-refractivity contribution < 1.29 is 4.74 Å². The SMILES string of the molecule is CNC1CCCCCC1N1CCC(OC)CC1. The molecule has 2 rings (SSSR count). The van der Waals surface area contributed by atoms with Crippen molar-refractivity contribution in [3.63, 3.8) is 0 Å². The molecule has 2 unspecified atom stereocenters. The molecule has 2 aliphatic rings. The summed E-state index contributed by atoms with van der Waals surface area (Å²) in [5, 5.41) is 3.54. The minimum atomic E-state index is 0.505. The number of nitrogens with one attached hydrogen (secondary N) is 1. The van der Waals surface area contributed by atoms with E-state index in [-0.39, 0.29) is 0 Å². The van der Waals surface area contributed by atoms with E-state index < -0.39 is 0 Å². The van der Waals surface area contributed by atoms with Crippen molar-refractivity contribution >= 4 is 0 Å². The molecule has 17 heavy (non-hydrogen) atoms. The molecule has 100 valence electrons. The Morgan fingerprint density at radius 2 is 1.71 bits per heavy atom. The van der Waals surface area contributed by atoms with Crippen LogP contribution in [0.15, 0.2) is 0 Å². The van der Waals surface area contributed by atoms with Crippen LogP contribution >= 0.6 is 0 Å². The van der Waals surface area contributed by atoms with Crippen molar-refractivity contribution in [1.82, 2.24) is 10.2 Å². The van der Waals surface area contributed by atoms with E-state index in [0.717, 1.165) is 6.04 Å². The number of hydrogen-bond donors (Lipinski definition) is 1. The summed E-state index contributed by atoms with van der Waals surface area (Å²) in [4.78, 5) is 2.71. The van der Waals surface area contributed by atoms with E-state index in [2.05, 4.69) is 17.3 Å². The second-order valence-electron chi connectivity index (χ2n) is 5.57. The Kier molecular flexibility index (Phi) is 5.26. The zero-order chi connectivity index (χ0) is 12.1. The van der Waals surface area contributed by atoms with Gasteiger partial charge in [-0.1, -0.05) is 19.3 Å². The van der Waals surface area contributed by atoms with E-state index in [0.29, 0.717) is 12.1 Å². The van der Waals surface area contributed by atoms with Gasteiger partial charge in [-0.25, -0.2) is 0 Å². The van der Waals surface area contributed by atoms with Crippen molar-refractivity contribution in [2.45, 2.75) is 63.1 Å². The lowest BCUT2D eigenvalue weighted by Crippen LogP contribution is -2.51. The van der Waals surface area contributed by atoms with Gasteiger partial charge in [0.2, 0.25) is 0 Å². The van der Waals surface area contributed by atoms with E-state index in [1.807, 2.05) is 7.11 Å². The smallest absolute Gasteiger partial charge is 0.0595 e. The maximum atomic E-state index is 5.46. The average Bonchev–Trinajstić information content (AvgIpc) is 2.64. The summed E-state index contributed by atoms with van der Waals surface area (Å²) in [6.45, 7) is 2.45. The molecular weight excluding hydrogens is 212 g/mol. The van der Waals surface area contributed by atoms with Crippen LogP contribution in [0, 0.1) is 0 Å². The van der Waals surface area contributed by atoms with Gasteiger partial charge >= 0.3 is 0 Å². The predicted molar refractivity (Wildman–Crippen MR) is 71.3 cm³/mol. The molecule has 1 N–H and O–H groups in total. The van der Waals surface area contributed by atoms with Crippen LogP contribution in [0.5, 0.6) is 0 Å². The standard InChI is InChI=1S/C14H28N2O/c1-15-13-6-4-3-5-7-14(13)16-10-8-12(17-2)9-11-16/h12-15H,3-11H2,1-2H3. The van der Waals surface area contributed by atoms with Gasteiger partial charge in [0.05, 0.1) is 6.10 Å². The van der Waals surface area contributed by atoms with Crippen molar-refractivity contribution in [2.24, 2.45) is 0 Å². The van der Waals surface area contributed by atoms with Crippen LogP contribution in [-0.4, -0.2) is 50.3 Å². The molecule has 1 saturated carbocycles. The number of methoxy groups -OCH3 is 1. The van der Waals surface area contributed by atoms with Crippen LogP contribution in [0.4, 0.5) is 0 Å². The monoisotopic (exact) mass is 240 g/mol. The topological polar surface area (TPSA) is 24.5 Å². The van der Waals surface area contributed by atoms with Crippen molar-refractivity contribution in [3.8, 4) is 0 Å². The van der Waals surface area contributed by atoms with Crippen LogP contribution in [0.25, 0.3) is 0 Å². The summed E-state index contributed by atoms with van der Waals surface area (Å²) in [6.07, 6.45) is 9.89. The first-order chi connectivity index (χ1) is 8.35. The molecular formula is C14H28N2O. The van der Waals surface area contributed by atoms with E-state index in [9.17, 15) is 0 Å². The largest absolute Gasteiger partial charge is 0.381 e. The van der Waals surface area contributed by atoms with Gasteiger partial charge in [0.25, 0.3) is 0 Å². The third-order valence-electron chi connectivity index (χ3n) is 4.63. The van der Waals surface area contributed by atoms with E-state index in [1.165, 1.54) is 58.0 Å². The third kappa shape index (κ3) is 3.43. The summed E-state index contributed by atoms with van der Waals surface area (Å²) in [5.74, 6) is 0. The summed E-state index contributed by atoms with van der Waals surface area (Å²) in [7, 11) is 3.98. The van der Waals surface area contributed by atoms with Crippen molar-refractivity contribution in [1.29, 1.82) is 0 Å². The molecule has 3 heteroatoms. The summed E-state index contributed by atoms with van der Waals surface area (Å²) < 4.78 is 5.46. The van der Waals surface area contributed by atoms with Gasteiger partial charge in [0.1, 0.15) is 0 Å². The van der Waals surface area contributed by atoms with Gasteiger partial charge in [-0.15, -0.1) is 0 Å². The minimum Gasteiger partial charge on any atom is -0.381 e. The van der Waals surface area contributed by atoms with Crippen LogP contribution in [-0.2, 0) is 4.74 Å². The molecule has 2 atom stereocenters. The third-order valence-corrected chi connectivity index (χ3v) is 4.63. The molecule has 0 aromatic carbocycles. The van der Waals surface area contributed by atoms with E-state index in [1.54, 1.807) is 0 Å². The highest BCUT2D eigenvalue weighted by Crippen LogP contribution is 2.25. The zero-order valence-corrected chi connectivity index (χ0v) is 11.5. The highest BCUT2D eigenvalue weighted by atomic mass is 16.5. The molecule has 1 aliphatic heterocycles. The first kappa shape index (κ1) is 13.3. The lowest BCUT2D eigenvalue weighted by atomic mass is 9.97. The first-order valence-corrected chi connectivity index (χ1v) is 7.29. The van der Waals surface area contributed by atoms with Gasteiger partial charge in [0, 0.05) is 32.3 Å². The fraction of sp³-hybridized carbons (Fsp3) is 1.00. The fourth-order valence-electron chi connectivity index (χ4n) is 3.50. The summed E-state index contributed by atoms with van der Waals surface area (Å²) in [6, 6.07) is 1.47. The van der Waals surface area contributed by atoms with Gasteiger partial charge < -0.3 is 10.1 Å². The van der Waals surface area contributed by atoms with E-state index >= 15 is 0 Å². The molecule has 0 amide bonds. The van der Waals surface area contributed by atoms with Crippen LogP contribution in [0.1, 0.15) is 44.9 Å². The first-order valence-electron chi connectivity index (χ1n) is 7.29. The number of ether oxygens (including phenoxy) is 1. The molecule has 1 heterocycles. The van der Waals surface area contributed by atoms with E-state index in [4.69, 9.17) is 4.74 Å². The Hall–Kier alpha value is -0.120. The molecule has 1 saturated heterocycles. The average molecular weight is 240 g/mol. The molecule has 1 aliphatic carbocycles. The second-order valence-corrected chi connectivity index (χ2v) is 5.57. The number of hydrogen-bond acceptors (Lipinski definition) is 3. The Morgan fingerprint density at radius 1 is 1.00 bits per heavy atom. The van der Waals surface area contributed by atoms with Crippen molar-refractivity contribution in [2.75, 3.05) is 27.2 Å². The number of piperidine rings is 1. The number of nitrogens with zero attached hydrogens (tertiary/aromatic N) is 1. The number of likely N-dealkylation sites (tertiary alicyclic amines) is 1. The number of rotatable bonds is 3. The normalized spacial score (nSPS) is 33.5. The Bertz CT molecular complexity index is 214. The van der Waals surface area contributed by atoms with Crippen LogP contribution in [0.2, 0.25) is 0 Å². The Balaban J connectivity index is 1.90. The summed E-state index contributed by atoms with van der Waals surface area (Å²) >= 11 is 0. The Morgan fingerprint density at radius 3 is 2.35 bits per heavy atom. The predicted octanol–water partition coefficient (Wildman–Crippen LogP) is 2.02. The molecule has 0 aromatic rings. The van der Waals surface area contributed by atoms with Gasteiger partial charge in [0.15, 0.2) is 0 Å². The lowest BCUT2D eigenvalue weighted by molar-refractivity contribution is 0.0197. The molecule has 0 radical (unpaired) electrons. The fourth-order valence-corrected chi connectivity index (χ4v) is 3.50. The van der Waals surface area contributed by atoms with Crippen LogP contribution < -0.4 is 5.32 Å². The molecule has 0 aromatic heterocycles. The van der Waals surface area contributed by atoms with Gasteiger partial charge in [-0.3, -0.25) is 4.90 Å².